The van der Waals surface area contributed by atoms with Gasteiger partial charge in [-0.15, -0.1) is 0 Å². The Morgan fingerprint density at radius 1 is 1.20 bits per heavy atom. The Labute approximate surface area is 118 Å². The van der Waals surface area contributed by atoms with Crippen LogP contribution < -0.4 is 5.32 Å². The summed E-state index contributed by atoms with van der Waals surface area (Å²) < 4.78 is 18.8. The minimum atomic E-state index is -0.206. The van der Waals surface area contributed by atoms with E-state index in [-0.39, 0.29) is 5.82 Å². The molecule has 3 rings (SSSR count). The van der Waals surface area contributed by atoms with Gasteiger partial charge in [-0.3, -0.25) is 0 Å². The van der Waals surface area contributed by atoms with Crippen molar-refractivity contribution in [3.8, 4) is 11.1 Å². The second-order valence-corrected chi connectivity index (χ2v) is 5.15. The standard InChI is InChI=1S/C17H18FNO/c1-19-9-13-10-20-11-17-15(3-2-4-16(13)17)12-5-7-14(18)8-6-12/h2-8,13,19H,9-11H2,1H3/t13-/m1/s1. The van der Waals surface area contributed by atoms with Crippen LogP contribution in [0.5, 0.6) is 0 Å². The van der Waals surface area contributed by atoms with Gasteiger partial charge in [-0.05, 0) is 41.4 Å². The van der Waals surface area contributed by atoms with Gasteiger partial charge in [-0.2, -0.15) is 0 Å². The van der Waals surface area contributed by atoms with Gasteiger partial charge < -0.3 is 10.1 Å². The second-order valence-electron chi connectivity index (χ2n) is 5.15. The maximum absolute atomic E-state index is 13.1. The zero-order valence-corrected chi connectivity index (χ0v) is 11.5. The quantitative estimate of drug-likeness (QED) is 0.924. The summed E-state index contributed by atoms with van der Waals surface area (Å²) in [6.07, 6.45) is 0. The molecule has 2 aromatic rings. The van der Waals surface area contributed by atoms with E-state index in [4.69, 9.17) is 4.74 Å². The largest absolute Gasteiger partial charge is 0.376 e. The number of nitrogens with one attached hydrogen (secondary N) is 1. The van der Waals surface area contributed by atoms with Gasteiger partial charge in [0.05, 0.1) is 13.2 Å². The van der Waals surface area contributed by atoms with Crippen LogP contribution in [0.2, 0.25) is 0 Å². The topological polar surface area (TPSA) is 21.3 Å². The minimum absolute atomic E-state index is 0.206. The Kier molecular flexibility index (Phi) is 3.81. The fourth-order valence-corrected chi connectivity index (χ4v) is 2.86. The fourth-order valence-electron chi connectivity index (χ4n) is 2.86. The van der Waals surface area contributed by atoms with Crippen molar-refractivity contribution in [2.45, 2.75) is 12.5 Å². The predicted octanol–water partition coefficient (Wildman–Crippen LogP) is 3.33. The molecule has 0 spiro atoms. The van der Waals surface area contributed by atoms with E-state index in [9.17, 15) is 4.39 Å². The summed E-state index contributed by atoms with van der Waals surface area (Å²) in [5.74, 6) is 0.173. The van der Waals surface area contributed by atoms with Crippen molar-refractivity contribution in [2.75, 3.05) is 20.2 Å². The van der Waals surface area contributed by atoms with Crippen LogP contribution in [0.3, 0.4) is 0 Å². The number of hydrogen-bond acceptors (Lipinski definition) is 2. The lowest BCUT2D eigenvalue weighted by Gasteiger charge is -2.27. The van der Waals surface area contributed by atoms with E-state index in [2.05, 4.69) is 23.5 Å². The molecule has 2 aromatic carbocycles. The zero-order valence-electron chi connectivity index (χ0n) is 11.5. The molecule has 0 fully saturated rings. The molecule has 0 bridgehead atoms. The predicted molar refractivity (Wildman–Crippen MR) is 78.2 cm³/mol. The Hall–Kier alpha value is -1.71. The van der Waals surface area contributed by atoms with E-state index in [1.165, 1.54) is 23.3 Å². The maximum Gasteiger partial charge on any atom is 0.123 e. The van der Waals surface area contributed by atoms with Gasteiger partial charge in [0.1, 0.15) is 5.82 Å². The lowest BCUT2D eigenvalue weighted by molar-refractivity contribution is 0.0915. The number of hydrogen-bond donors (Lipinski definition) is 1. The van der Waals surface area contributed by atoms with E-state index in [1.54, 1.807) is 0 Å². The summed E-state index contributed by atoms with van der Waals surface area (Å²) >= 11 is 0. The third-order valence-electron chi connectivity index (χ3n) is 3.82. The summed E-state index contributed by atoms with van der Waals surface area (Å²) in [7, 11) is 1.96. The van der Waals surface area contributed by atoms with Gasteiger partial charge in [-0.25, -0.2) is 4.39 Å². The van der Waals surface area contributed by atoms with Crippen molar-refractivity contribution in [2.24, 2.45) is 0 Å². The van der Waals surface area contributed by atoms with Crippen molar-refractivity contribution in [3.63, 3.8) is 0 Å². The van der Waals surface area contributed by atoms with Gasteiger partial charge in [-0.1, -0.05) is 30.3 Å². The van der Waals surface area contributed by atoms with Gasteiger partial charge >= 0.3 is 0 Å². The molecule has 0 saturated heterocycles. The number of rotatable bonds is 3. The first-order valence-electron chi connectivity index (χ1n) is 6.89. The van der Waals surface area contributed by atoms with Crippen molar-refractivity contribution in [1.82, 2.24) is 5.32 Å². The molecule has 1 aliphatic rings. The first kappa shape index (κ1) is 13.3. The monoisotopic (exact) mass is 271 g/mol. The molecule has 104 valence electrons. The highest BCUT2D eigenvalue weighted by molar-refractivity contribution is 5.69. The van der Waals surface area contributed by atoms with Crippen molar-refractivity contribution >= 4 is 0 Å². The SMILES string of the molecule is CNC[C@@H]1COCc2c(-c3ccc(F)cc3)cccc21. The summed E-state index contributed by atoms with van der Waals surface area (Å²) in [6, 6.07) is 13.0. The summed E-state index contributed by atoms with van der Waals surface area (Å²) in [4.78, 5) is 0. The smallest absolute Gasteiger partial charge is 0.123 e. The lowest BCUT2D eigenvalue weighted by atomic mass is 9.87. The Morgan fingerprint density at radius 3 is 2.75 bits per heavy atom. The van der Waals surface area contributed by atoms with Crippen LogP contribution in [-0.4, -0.2) is 20.2 Å². The Balaban J connectivity index is 2.05. The van der Waals surface area contributed by atoms with Crippen LogP contribution in [0.15, 0.2) is 42.5 Å². The van der Waals surface area contributed by atoms with Crippen LogP contribution in [0, 0.1) is 5.82 Å². The third-order valence-corrected chi connectivity index (χ3v) is 3.82. The summed E-state index contributed by atoms with van der Waals surface area (Å²) in [5, 5.41) is 3.22. The van der Waals surface area contributed by atoms with Crippen molar-refractivity contribution in [1.29, 1.82) is 0 Å². The molecule has 0 amide bonds. The van der Waals surface area contributed by atoms with Crippen LogP contribution in [-0.2, 0) is 11.3 Å². The normalized spacial score (nSPS) is 17.8. The van der Waals surface area contributed by atoms with Crippen molar-refractivity contribution < 1.29 is 9.13 Å². The number of ether oxygens (including phenoxy) is 1. The first-order valence-corrected chi connectivity index (χ1v) is 6.89. The van der Waals surface area contributed by atoms with Crippen molar-refractivity contribution in [3.05, 3.63) is 59.4 Å². The highest BCUT2D eigenvalue weighted by atomic mass is 19.1. The zero-order chi connectivity index (χ0) is 13.9. The van der Waals surface area contributed by atoms with E-state index in [1.807, 2.05) is 19.2 Å². The number of benzene rings is 2. The fraction of sp³-hybridized carbons (Fsp3) is 0.294. The van der Waals surface area contributed by atoms with Crippen LogP contribution >= 0.6 is 0 Å². The molecule has 0 aliphatic carbocycles. The molecule has 1 aliphatic heterocycles. The first-order chi connectivity index (χ1) is 9.79. The second kappa shape index (κ2) is 5.73. The molecule has 0 unspecified atom stereocenters. The molecule has 1 heterocycles. The minimum Gasteiger partial charge on any atom is -0.376 e. The van der Waals surface area contributed by atoms with E-state index >= 15 is 0 Å². The highest BCUT2D eigenvalue weighted by Gasteiger charge is 2.22. The van der Waals surface area contributed by atoms with Gasteiger partial charge in [0.2, 0.25) is 0 Å². The average Bonchev–Trinajstić information content (AvgIpc) is 2.48. The summed E-state index contributed by atoms with van der Waals surface area (Å²) in [5.41, 5.74) is 4.75. The summed E-state index contributed by atoms with van der Waals surface area (Å²) in [6.45, 7) is 2.28. The van der Waals surface area contributed by atoms with E-state index < -0.39 is 0 Å². The molecule has 20 heavy (non-hydrogen) atoms. The Bertz CT molecular complexity index is 594. The molecule has 2 nitrogen and oxygen atoms in total. The molecule has 0 saturated carbocycles. The molecular weight excluding hydrogens is 253 g/mol. The molecule has 0 aromatic heterocycles. The molecule has 3 heteroatoms. The third kappa shape index (κ3) is 2.47. The molecular formula is C17H18FNO. The molecule has 1 atom stereocenters. The van der Waals surface area contributed by atoms with Gasteiger partial charge in [0, 0.05) is 12.5 Å². The van der Waals surface area contributed by atoms with Gasteiger partial charge in [0.15, 0.2) is 0 Å². The number of fused-ring (bicyclic) bond motifs is 1. The lowest BCUT2D eigenvalue weighted by Crippen LogP contribution is -2.26. The van der Waals surface area contributed by atoms with Crippen LogP contribution in [0.4, 0.5) is 4.39 Å². The van der Waals surface area contributed by atoms with E-state index in [0.717, 1.165) is 24.3 Å². The van der Waals surface area contributed by atoms with Crippen LogP contribution in [0.1, 0.15) is 17.0 Å². The van der Waals surface area contributed by atoms with E-state index in [0.29, 0.717) is 12.5 Å². The average molecular weight is 271 g/mol. The van der Waals surface area contributed by atoms with Gasteiger partial charge in [0.25, 0.3) is 0 Å². The number of likely N-dealkylation sites (N-methyl/N-ethyl adjacent to an activating group) is 1. The van der Waals surface area contributed by atoms with Crippen LogP contribution in [0.25, 0.3) is 11.1 Å². The maximum atomic E-state index is 13.1. The molecule has 1 N–H and O–H groups in total. The number of halogens is 1. The molecule has 0 radical (unpaired) electrons. The Morgan fingerprint density at radius 2 is 2.00 bits per heavy atom. The highest BCUT2D eigenvalue weighted by Crippen LogP contribution is 2.34.